The average molecular weight is 409 g/mol. The van der Waals surface area contributed by atoms with Gasteiger partial charge in [-0.25, -0.2) is 4.39 Å². The summed E-state index contributed by atoms with van der Waals surface area (Å²) in [5, 5.41) is 29.8. The zero-order valence-electron chi connectivity index (χ0n) is 15.3. The minimum absolute atomic E-state index is 0.169. The summed E-state index contributed by atoms with van der Waals surface area (Å²) >= 11 is 3.27. The summed E-state index contributed by atoms with van der Waals surface area (Å²) in [6.45, 7) is 1.94. The normalized spacial score (nSPS) is 30.0. The van der Waals surface area contributed by atoms with Crippen molar-refractivity contribution in [3.8, 4) is 0 Å². The lowest BCUT2D eigenvalue weighted by Gasteiger charge is -2.43. The van der Waals surface area contributed by atoms with E-state index in [0.29, 0.717) is 18.4 Å². The van der Waals surface area contributed by atoms with Crippen LogP contribution < -0.4 is 0 Å². The predicted molar refractivity (Wildman–Crippen MR) is 108 cm³/mol. The van der Waals surface area contributed by atoms with E-state index in [-0.39, 0.29) is 17.2 Å². The van der Waals surface area contributed by atoms with Gasteiger partial charge in [0.25, 0.3) is 0 Å². The van der Waals surface area contributed by atoms with Crippen molar-refractivity contribution < 1.29 is 19.7 Å². The predicted octanol–water partition coefficient (Wildman–Crippen LogP) is 3.40. The molecule has 1 spiro atoms. The van der Waals surface area contributed by atoms with Gasteiger partial charge in [-0.15, -0.1) is 23.1 Å². The summed E-state index contributed by atoms with van der Waals surface area (Å²) < 4.78 is 14.4. The Kier molecular flexibility index (Phi) is 5.38. The van der Waals surface area contributed by atoms with Crippen molar-refractivity contribution in [1.29, 1.82) is 0 Å². The number of aliphatic hydroxyl groups is 3. The molecule has 4 atom stereocenters. The molecule has 2 aromatic rings. The Labute approximate surface area is 167 Å². The lowest BCUT2D eigenvalue weighted by molar-refractivity contribution is -0.00793. The lowest BCUT2D eigenvalue weighted by atomic mass is 9.89. The van der Waals surface area contributed by atoms with Crippen LogP contribution in [0.2, 0.25) is 0 Å². The SMILES string of the molecule is CCc1ccc(Cc2cc3c(cc2F)CC[C@@]32C[C@@H](O)[C@H](O)[C@@H](CO)S2)s1. The monoisotopic (exact) mass is 408 g/mol. The molecule has 4 rings (SSSR count). The number of benzene rings is 1. The maximum absolute atomic E-state index is 14.7. The van der Waals surface area contributed by atoms with E-state index in [1.54, 1.807) is 29.2 Å². The van der Waals surface area contributed by atoms with Crippen LogP contribution in [-0.2, 0) is 24.0 Å². The molecule has 6 heteroatoms. The number of hydrogen-bond acceptors (Lipinski definition) is 5. The third-order valence-electron chi connectivity index (χ3n) is 5.86. The molecule has 1 aliphatic heterocycles. The van der Waals surface area contributed by atoms with E-state index in [0.717, 1.165) is 35.3 Å². The lowest BCUT2D eigenvalue weighted by Crippen LogP contribution is -2.48. The molecule has 2 heterocycles. The van der Waals surface area contributed by atoms with E-state index < -0.39 is 17.5 Å². The molecule has 0 bridgehead atoms. The smallest absolute Gasteiger partial charge is 0.127 e. The second-order valence-electron chi connectivity index (χ2n) is 7.59. The second-order valence-corrected chi connectivity index (χ2v) is 10.5. The molecule has 2 aliphatic rings. The zero-order valence-corrected chi connectivity index (χ0v) is 17.0. The minimum atomic E-state index is -0.923. The fourth-order valence-corrected chi connectivity index (χ4v) is 7.15. The first-order chi connectivity index (χ1) is 13.0. The molecule has 0 saturated carbocycles. The Balaban J connectivity index is 1.68. The van der Waals surface area contributed by atoms with Gasteiger partial charge in [0.1, 0.15) is 5.82 Å². The van der Waals surface area contributed by atoms with E-state index in [4.69, 9.17) is 0 Å². The van der Waals surface area contributed by atoms with Gasteiger partial charge in [0.05, 0.1) is 24.1 Å². The molecule has 3 N–H and O–H groups in total. The van der Waals surface area contributed by atoms with Crippen molar-refractivity contribution in [1.82, 2.24) is 0 Å². The van der Waals surface area contributed by atoms with Gasteiger partial charge in [-0.1, -0.05) is 13.0 Å². The van der Waals surface area contributed by atoms with Crippen molar-refractivity contribution in [3.63, 3.8) is 0 Å². The molecule has 0 amide bonds. The third-order valence-corrected chi connectivity index (χ3v) is 8.86. The van der Waals surface area contributed by atoms with Gasteiger partial charge >= 0.3 is 0 Å². The van der Waals surface area contributed by atoms with Crippen LogP contribution in [0.25, 0.3) is 0 Å². The molecule has 0 unspecified atom stereocenters. The molecule has 1 fully saturated rings. The van der Waals surface area contributed by atoms with Crippen LogP contribution >= 0.6 is 23.1 Å². The van der Waals surface area contributed by atoms with Crippen LogP contribution in [0, 0.1) is 5.82 Å². The van der Waals surface area contributed by atoms with E-state index in [1.165, 1.54) is 4.88 Å². The zero-order chi connectivity index (χ0) is 19.2. The first kappa shape index (κ1) is 19.4. The van der Waals surface area contributed by atoms with Crippen LogP contribution in [0.5, 0.6) is 0 Å². The number of halogens is 1. The first-order valence-corrected chi connectivity index (χ1v) is 11.2. The van der Waals surface area contributed by atoms with Crippen molar-refractivity contribution in [3.05, 3.63) is 56.5 Å². The standard InChI is InChI=1S/C21H25FO3S2/c1-2-14-3-4-15(26-14)7-13-8-16-12(9-17(13)22)5-6-21(16)10-18(24)20(25)19(11-23)27-21/h3-4,8-9,18-20,23-25H,2,5-7,10-11H2,1H3/t18-,19-,20+,21-/m1/s1. The van der Waals surface area contributed by atoms with Crippen LogP contribution in [0.1, 0.15) is 46.2 Å². The van der Waals surface area contributed by atoms with Crippen LogP contribution in [0.15, 0.2) is 24.3 Å². The highest BCUT2D eigenvalue weighted by molar-refractivity contribution is 8.01. The molecule has 146 valence electrons. The summed E-state index contributed by atoms with van der Waals surface area (Å²) in [6, 6.07) is 7.80. The molecular formula is C21H25FO3S2. The maximum Gasteiger partial charge on any atom is 0.127 e. The Bertz CT molecular complexity index is 837. The summed E-state index contributed by atoms with van der Waals surface area (Å²) in [5.74, 6) is -0.169. The topological polar surface area (TPSA) is 60.7 Å². The van der Waals surface area contributed by atoms with Crippen molar-refractivity contribution in [2.24, 2.45) is 0 Å². The largest absolute Gasteiger partial charge is 0.395 e. The van der Waals surface area contributed by atoms with Crippen LogP contribution in [-0.4, -0.2) is 39.4 Å². The van der Waals surface area contributed by atoms with Gasteiger partial charge in [0.15, 0.2) is 0 Å². The number of fused-ring (bicyclic) bond motifs is 2. The van der Waals surface area contributed by atoms with Crippen LogP contribution in [0.4, 0.5) is 4.39 Å². The number of aliphatic hydroxyl groups excluding tert-OH is 3. The Morgan fingerprint density at radius 2 is 2.00 bits per heavy atom. The molecule has 1 aromatic carbocycles. The maximum atomic E-state index is 14.7. The van der Waals surface area contributed by atoms with E-state index >= 15 is 0 Å². The van der Waals surface area contributed by atoms with Crippen molar-refractivity contribution >= 4 is 23.1 Å². The Morgan fingerprint density at radius 3 is 2.70 bits per heavy atom. The second kappa shape index (κ2) is 7.48. The molecule has 0 radical (unpaired) electrons. The highest BCUT2D eigenvalue weighted by atomic mass is 32.2. The summed E-state index contributed by atoms with van der Waals surface area (Å²) in [7, 11) is 0. The first-order valence-electron chi connectivity index (χ1n) is 9.50. The quantitative estimate of drug-likeness (QED) is 0.726. The minimum Gasteiger partial charge on any atom is -0.395 e. The molecule has 1 saturated heterocycles. The van der Waals surface area contributed by atoms with Crippen molar-refractivity contribution in [2.75, 3.05) is 6.61 Å². The number of rotatable bonds is 4. The number of thioether (sulfide) groups is 1. The van der Waals surface area contributed by atoms with E-state index in [1.807, 2.05) is 6.07 Å². The highest BCUT2D eigenvalue weighted by Gasteiger charge is 2.49. The third kappa shape index (κ3) is 3.47. The van der Waals surface area contributed by atoms with Gasteiger partial charge in [0.2, 0.25) is 0 Å². The van der Waals surface area contributed by atoms with Gasteiger partial charge in [-0.3, -0.25) is 0 Å². The number of thiophene rings is 1. The molecule has 1 aromatic heterocycles. The molecule has 1 aliphatic carbocycles. The van der Waals surface area contributed by atoms with E-state index in [2.05, 4.69) is 19.1 Å². The average Bonchev–Trinajstić information content (AvgIpc) is 3.24. The molecule has 27 heavy (non-hydrogen) atoms. The van der Waals surface area contributed by atoms with Gasteiger partial charge in [-0.2, -0.15) is 0 Å². The molecule has 3 nitrogen and oxygen atoms in total. The fraction of sp³-hybridized carbons (Fsp3) is 0.524. The number of aryl methyl sites for hydroxylation is 2. The molecular weight excluding hydrogens is 383 g/mol. The van der Waals surface area contributed by atoms with Crippen LogP contribution in [0.3, 0.4) is 0 Å². The van der Waals surface area contributed by atoms with E-state index in [9.17, 15) is 19.7 Å². The highest BCUT2D eigenvalue weighted by Crippen LogP contribution is 2.55. The van der Waals surface area contributed by atoms with Gasteiger partial charge in [0, 0.05) is 20.9 Å². The summed E-state index contributed by atoms with van der Waals surface area (Å²) in [6.07, 6.45) is 1.76. The Morgan fingerprint density at radius 1 is 1.22 bits per heavy atom. The summed E-state index contributed by atoms with van der Waals surface area (Å²) in [5.41, 5.74) is 2.74. The van der Waals surface area contributed by atoms with Gasteiger partial charge < -0.3 is 15.3 Å². The fourth-order valence-electron chi connectivity index (χ4n) is 4.39. The Hall–Kier alpha value is -0.920. The summed E-state index contributed by atoms with van der Waals surface area (Å²) in [4.78, 5) is 2.45. The number of hydrogen-bond donors (Lipinski definition) is 3. The van der Waals surface area contributed by atoms with Crippen molar-refractivity contribution in [2.45, 2.75) is 61.2 Å². The van der Waals surface area contributed by atoms with Gasteiger partial charge in [-0.05, 0) is 60.6 Å².